The number of hydrogen-bond donors (Lipinski definition) is 0. The molecule has 0 atom stereocenters. The van der Waals surface area contributed by atoms with Gasteiger partial charge in [0, 0.05) is 12.5 Å². The third kappa shape index (κ3) is 5.70. The molecule has 0 radical (unpaired) electrons. The van der Waals surface area contributed by atoms with Crippen LogP contribution in [0.5, 0.6) is 0 Å². The van der Waals surface area contributed by atoms with Gasteiger partial charge in [-0.1, -0.05) is 0 Å². The minimum Gasteiger partial charge on any atom is -0.469 e. The first-order chi connectivity index (χ1) is 8.93. The van der Waals surface area contributed by atoms with Crippen molar-refractivity contribution in [2.75, 3.05) is 26.7 Å². The van der Waals surface area contributed by atoms with Gasteiger partial charge in [-0.05, 0) is 0 Å². The Labute approximate surface area is 117 Å². The lowest BCUT2D eigenvalue weighted by Gasteiger charge is -2.11. The van der Waals surface area contributed by atoms with Gasteiger partial charge in [0.15, 0.2) is 19.7 Å². The number of hydrogen-bond acceptors (Lipinski definition) is 8. The SMILES string of the molecule is COC(=O)CC(=C(CC(=O)OC)S(C)(=O)=O)S(C)(=O)=O. The summed E-state index contributed by atoms with van der Waals surface area (Å²) in [7, 11) is -5.97. The maximum Gasteiger partial charge on any atom is 0.310 e. The van der Waals surface area contributed by atoms with Crippen molar-refractivity contribution in [1.82, 2.24) is 0 Å². The van der Waals surface area contributed by atoms with Crippen molar-refractivity contribution in [2.45, 2.75) is 12.8 Å². The first-order valence-corrected chi connectivity index (χ1v) is 8.97. The topological polar surface area (TPSA) is 121 Å². The maximum absolute atomic E-state index is 11.7. The molecule has 0 bridgehead atoms. The number of carbonyl (C=O) groups is 2. The van der Waals surface area contributed by atoms with Crippen molar-refractivity contribution < 1.29 is 35.9 Å². The van der Waals surface area contributed by atoms with E-state index in [1.807, 2.05) is 0 Å². The Morgan fingerprint density at radius 3 is 1.15 bits per heavy atom. The fraction of sp³-hybridized carbons (Fsp3) is 0.600. The highest BCUT2D eigenvalue weighted by molar-refractivity contribution is 7.98. The standard InChI is InChI=1S/C10H16O8S2/c1-17-9(11)5-7(19(3,13)14)8(20(4,15)16)6-10(12)18-2/h5-6H2,1-4H3. The smallest absolute Gasteiger partial charge is 0.310 e. The van der Waals surface area contributed by atoms with E-state index in [9.17, 15) is 26.4 Å². The Balaban J connectivity index is 6.15. The summed E-state index contributed by atoms with van der Waals surface area (Å²) >= 11 is 0. The summed E-state index contributed by atoms with van der Waals surface area (Å²) in [6.07, 6.45) is -0.0507. The van der Waals surface area contributed by atoms with Crippen molar-refractivity contribution in [3.05, 3.63) is 9.81 Å². The van der Waals surface area contributed by atoms with Gasteiger partial charge in [0.1, 0.15) is 0 Å². The lowest BCUT2D eigenvalue weighted by atomic mass is 10.3. The quantitative estimate of drug-likeness (QED) is 0.593. The van der Waals surface area contributed by atoms with E-state index in [2.05, 4.69) is 9.47 Å². The molecule has 0 saturated heterocycles. The molecule has 10 heteroatoms. The molecule has 116 valence electrons. The molecule has 8 nitrogen and oxygen atoms in total. The highest BCUT2D eigenvalue weighted by atomic mass is 32.2. The molecule has 0 aromatic carbocycles. The Bertz CT molecular complexity index is 568. The molecule has 0 rings (SSSR count). The van der Waals surface area contributed by atoms with Crippen molar-refractivity contribution in [1.29, 1.82) is 0 Å². The minimum atomic E-state index is -4.01. The Kier molecular flexibility index (Phi) is 6.35. The first kappa shape index (κ1) is 18.6. The molecule has 0 aromatic heterocycles. The number of methoxy groups -OCH3 is 2. The van der Waals surface area contributed by atoms with Gasteiger partial charge in [-0.15, -0.1) is 0 Å². The second-order valence-corrected chi connectivity index (χ2v) is 7.97. The van der Waals surface area contributed by atoms with Crippen molar-refractivity contribution in [3.8, 4) is 0 Å². The second kappa shape index (κ2) is 6.84. The lowest BCUT2D eigenvalue weighted by molar-refractivity contribution is -0.140. The Morgan fingerprint density at radius 1 is 0.750 bits per heavy atom. The molecule has 0 fully saturated rings. The van der Waals surface area contributed by atoms with E-state index >= 15 is 0 Å². The van der Waals surface area contributed by atoms with E-state index in [4.69, 9.17) is 0 Å². The zero-order chi connectivity index (χ0) is 16.1. The van der Waals surface area contributed by atoms with Crippen LogP contribution in [-0.4, -0.2) is 55.5 Å². The molecule has 0 saturated carbocycles. The van der Waals surface area contributed by atoms with E-state index in [1.54, 1.807) is 0 Å². The largest absolute Gasteiger partial charge is 0.469 e. The lowest BCUT2D eigenvalue weighted by Crippen LogP contribution is -2.18. The average Bonchev–Trinajstić information content (AvgIpc) is 2.29. The van der Waals surface area contributed by atoms with Crippen molar-refractivity contribution in [3.63, 3.8) is 0 Å². The molecular formula is C10H16O8S2. The highest BCUT2D eigenvalue weighted by Crippen LogP contribution is 2.23. The minimum absolute atomic E-state index is 0.669. The van der Waals surface area contributed by atoms with Crippen LogP contribution in [0.15, 0.2) is 9.81 Å². The van der Waals surface area contributed by atoms with Gasteiger partial charge >= 0.3 is 11.9 Å². The molecule has 0 aliphatic heterocycles. The van der Waals surface area contributed by atoms with E-state index in [-0.39, 0.29) is 0 Å². The van der Waals surface area contributed by atoms with Crippen LogP contribution in [0.4, 0.5) is 0 Å². The number of rotatable bonds is 6. The number of carbonyl (C=O) groups excluding carboxylic acids is 2. The summed E-state index contributed by atoms with van der Waals surface area (Å²) < 4.78 is 55.3. The van der Waals surface area contributed by atoms with Gasteiger partial charge in [-0.25, -0.2) is 16.8 Å². The van der Waals surface area contributed by atoms with Crippen molar-refractivity contribution >= 4 is 31.6 Å². The Morgan fingerprint density at radius 2 is 1.00 bits per heavy atom. The zero-order valence-corrected chi connectivity index (χ0v) is 13.1. The van der Waals surface area contributed by atoms with E-state index in [0.717, 1.165) is 26.7 Å². The average molecular weight is 328 g/mol. The molecule has 0 unspecified atom stereocenters. The van der Waals surface area contributed by atoms with Gasteiger partial charge in [-0.2, -0.15) is 0 Å². The van der Waals surface area contributed by atoms with Gasteiger partial charge in [0.05, 0.1) is 36.9 Å². The predicted octanol–water partition coefficient (Wildman–Crippen LogP) is -0.587. The van der Waals surface area contributed by atoms with Crippen LogP contribution in [-0.2, 0) is 38.7 Å². The summed E-state index contributed by atoms with van der Waals surface area (Å²) in [5, 5.41) is 0. The van der Waals surface area contributed by atoms with Crippen LogP contribution in [0.3, 0.4) is 0 Å². The highest BCUT2D eigenvalue weighted by Gasteiger charge is 2.28. The Hall–Kier alpha value is -1.42. The number of esters is 2. The van der Waals surface area contributed by atoms with E-state index < -0.39 is 54.3 Å². The molecule has 0 aliphatic rings. The summed E-state index contributed by atoms with van der Waals surface area (Å²) in [5.41, 5.74) is 0. The summed E-state index contributed by atoms with van der Waals surface area (Å²) in [6, 6.07) is 0. The van der Waals surface area contributed by atoms with Crippen LogP contribution in [0.1, 0.15) is 12.8 Å². The third-order valence-corrected chi connectivity index (χ3v) is 4.97. The monoisotopic (exact) mass is 328 g/mol. The van der Waals surface area contributed by atoms with E-state index in [1.165, 1.54) is 0 Å². The summed E-state index contributed by atoms with van der Waals surface area (Å²) in [4.78, 5) is 21.1. The predicted molar refractivity (Wildman–Crippen MR) is 70.0 cm³/mol. The molecule has 0 spiro atoms. The maximum atomic E-state index is 11.7. The van der Waals surface area contributed by atoms with Crippen LogP contribution in [0.25, 0.3) is 0 Å². The molecule has 0 amide bonds. The van der Waals surface area contributed by atoms with Crippen LogP contribution >= 0.6 is 0 Å². The van der Waals surface area contributed by atoms with Gasteiger partial charge in [0.2, 0.25) is 0 Å². The van der Waals surface area contributed by atoms with E-state index in [0.29, 0.717) is 0 Å². The zero-order valence-electron chi connectivity index (χ0n) is 11.5. The fourth-order valence-electron chi connectivity index (χ4n) is 1.28. The van der Waals surface area contributed by atoms with Gasteiger partial charge < -0.3 is 9.47 Å². The number of sulfone groups is 2. The summed E-state index contributed by atoms with van der Waals surface area (Å²) in [5.74, 6) is -1.87. The molecule has 0 aliphatic carbocycles. The fourth-order valence-corrected chi connectivity index (χ4v) is 3.92. The van der Waals surface area contributed by atoms with Crippen molar-refractivity contribution in [2.24, 2.45) is 0 Å². The summed E-state index contributed by atoms with van der Waals surface area (Å²) in [6.45, 7) is 0. The molecular weight excluding hydrogens is 312 g/mol. The van der Waals surface area contributed by atoms with Gasteiger partial charge in [0.25, 0.3) is 0 Å². The first-order valence-electron chi connectivity index (χ1n) is 5.19. The molecule has 20 heavy (non-hydrogen) atoms. The van der Waals surface area contributed by atoms with Gasteiger partial charge in [-0.3, -0.25) is 9.59 Å². The molecule has 0 N–H and O–H groups in total. The normalized spacial score (nSPS) is 13.4. The molecule has 0 heterocycles. The van der Waals surface area contributed by atoms with Crippen LogP contribution in [0.2, 0.25) is 0 Å². The second-order valence-electron chi connectivity index (χ2n) is 3.90. The third-order valence-electron chi connectivity index (χ3n) is 2.27. The van der Waals surface area contributed by atoms with Crippen LogP contribution < -0.4 is 0 Å². The number of ether oxygens (including phenoxy) is 2. The molecule has 0 aromatic rings. The van der Waals surface area contributed by atoms with Crippen LogP contribution in [0, 0.1) is 0 Å².